The Bertz CT molecular complexity index is 419. The molecular formula is C11H15NO5. The Balaban J connectivity index is 3.32. The van der Waals surface area contributed by atoms with E-state index >= 15 is 0 Å². The summed E-state index contributed by atoms with van der Waals surface area (Å²) in [7, 11) is 2.59. The maximum absolute atomic E-state index is 11.4. The Hall–Kier alpha value is -1.79. The van der Waals surface area contributed by atoms with Gasteiger partial charge in [0.05, 0.1) is 20.3 Å². The number of aliphatic hydroxyl groups is 1. The van der Waals surface area contributed by atoms with Gasteiger partial charge >= 0.3 is 5.97 Å². The van der Waals surface area contributed by atoms with Crippen LogP contribution in [-0.4, -0.2) is 36.9 Å². The number of carbonyl (C=O) groups excluding carboxylic acids is 1. The van der Waals surface area contributed by atoms with Crippen LogP contribution in [-0.2, 0) is 4.74 Å². The Morgan fingerprint density at radius 1 is 1.47 bits per heavy atom. The van der Waals surface area contributed by atoms with Crippen LogP contribution in [0.4, 0.5) is 0 Å². The van der Waals surface area contributed by atoms with Crippen molar-refractivity contribution in [2.24, 2.45) is 5.73 Å². The lowest BCUT2D eigenvalue weighted by Crippen LogP contribution is -2.14. The fourth-order valence-electron chi connectivity index (χ4n) is 1.42. The molecule has 0 radical (unpaired) electrons. The van der Waals surface area contributed by atoms with Crippen LogP contribution in [0.25, 0.3) is 0 Å². The number of nitrogens with two attached hydrogens (primary N) is 1. The number of esters is 1. The minimum atomic E-state index is -0.978. The predicted molar refractivity (Wildman–Crippen MR) is 60.0 cm³/mol. The topological polar surface area (TPSA) is 102 Å². The van der Waals surface area contributed by atoms with Crippen molar-refractivity contribution in [3.63, 3.8) is 0 Å². The van der Waals surface area contributed by atoms with Crippen molar-refractivity contribution in [2.45, 2.75) is 6.10 Å². The SMILES string of the molecule is COC(=O)c1cc(C(O)CN)c(OC)cc1O. The van der Waals surface area contributed by atoms with E-state index in [1.54, 1.807) is 0 Å². The molecule has 0 aliphatic heterocycles. The summed E-state index contributed by atoms with van der Waals surface area (Å²) in [6, 6.07) is 2.54. The van der Waals surface area contributed by atoms with Crippen LogP contribution in [0, 0.1) is 0 Å². The van der Waals surface area contributed by atoms with E-state index in [1.807, 2.05) is 0 Å². The highest BCUT2D eigenvalue weighted by Gasteiger charge is 2.19. The van der Waals surface area contributed by atoms with Gasteiger partial charge in [0.1, 0.15) is 17.1 Å². The summed E-state index contributed by atoms with van der Waals surface area (Å²) < 4.78 is 9.50. The van der Waals surface area contributed by atoms with Crippen LogP contribution < -0.4 is 10.5 Å². The Morgan fingerprint density at radius 2 is 2.12 bits per heavy atom. The van der Waals surface area contributed by atoms with Crippen LogP contribution >= 0.6 is 0 Å². The molecule has 17 heavy (non-hydrogen) atoms. The van der Waals surface area contributed by atoms with E-state index in [9.17, 15) is 15.0 Å². The largest absolute Gasteiger partial charge is 0.507 e. The van der Waals surface area contributed by atoms with E-state index < -0.39 is 12.1 Å². The second-order valence-electron chi connectivity index (χ2n) is 3.35. The molecule has 0 heterocycles. The third-order valence-corrected chi connectivity index (χ3v) is 2.34. The molecule has 0 bridgehead atoms. The zero-order valence-electron chi connectivity index (χ0n) is 9.64. The van der Waals surface area contributed by atoms with Crippen molar-refractivity contribution in [2.75, 3.05) is 20.8 Å². The third kappa shape index (κ3) is 2.66. The number of carbonyl (C=O) groups is 1. The van der Waals surface area contributed by atoms with E-state index in [0.717, 1.165) is 0 Å². The van der Waals surface area contributed by atoms with Gasteiger partial charge in [-0.1, -0.05) is 0 Å². The molecule has 0 aliphatic carbocycles. The van der Waals surface area contributed by atoms with Crippen LogP contribution in [0.15, 0.2) is 12.1 Å². The number of methoxy groups -OCH3 is 2. The number of phenols is 1. The van der Waals surface area contributed by atoms with Gasteiger partial charge in [-0.3, -0.25) is 0 Å². The highest BCUT2D eigenvalue weighted by atomic mass is 16.5. The van der Waals surface area contributed by atoms with Crippen LogP contribution in [0.2, 0.25) is 0 Å². The molecule has 0 saturated carbocycles. The highest BCUT2D eigenvalue weighted by Crippen LogP contribution is 2.32. The van der Waals surface area contributed by atoms with Crippen molar-refractivity contribution >= 4 is 5.97 Å². The number of aromatic hydroxyl groups is 1. The van der Waals surface area contributed by atoms with Gasteiger partial charge < -0.3 is 25.4 Å². The molecule has 0 saturated heterocycles. The van der Waals surface area contributed by atoms with Crippen LogP contribution in [0.1, 0.15) is 22.0 Å². The zero-order chi connectivity index (χ0) is 13.0. The van der Waals surface area contributed by atoms with Crippen LogP contribution in [0.5, 0.6) is 11.5 Å². The summed E-state index contributed by atoms with van der Waals surface area (Å²) in [5.41, 5.74) is 5.62. The molecule has 0 aromatic heterocycles. The Labute approximate surface area is 98.6 Å². The molecule has 1 atom stereocenters. The minimum absolute atomic E-state index is 0.0260. The molecule has 1 rings (SSSR count). The van der Waals surface area contributed by atoms with Crippen molar-refractivity contribution in [3.8, 4) is 11.5 Å². The molecule has 0 aliphatic rings. The number of aliphatic hydroxyl groups excluding tert-OH is 1. The monoisotopic (exact) mass is 241 g/mol. The molecule has 0 amide bonds. The number of ether oxygens (including phenoxy) is 2. The summed E-state index contributed by atoms with van der Waals surface area (Å²) in [4.78, 5) is 11.4. The van der Waals surface area contributed by atoms with Gasteiger partial charge in [0.2, 0.25) is 0 Å². The first-order valence-corrected chi connectivity index (χ1v) is 4.92. The zero-order valence-corrected chi connectivity index (χ0v) is 9.64. The predicted octanol–water partition coefficient (Wildman–Crippen LogP) is 0.179. The average Bonchev–Trinajstić information content (AvgIpc) is 2.36. The lowest BCUT2D eigenvalue weighted by Gasteiger charge is -2.15. The molecule has 6 nitrogen and oxygen atoms in total. The molecule has 1 aromatic rings. The Kier molecular flexibility index (Phi) is 4.30. The fraction of sp³-hybridized carbons (Fsp3) is 0.364. The first-order chi connectivity index (χ1) is 8.04. The lowest BCUT2D eigenvalue weighted by molar-refractivity contribution is 0.0597. The van der Waals surface area contributed by atoms with Crippen molar-refractivity contribution < 1.29 is 24.5 Å². The van der Waals surface area contributed by atoms with Gasteiger partial charge in [-0.15, -0.1) is 0 Å². The van der Waals surface area contributed by atoms with E-state index in [0.29, 0.717) is 5.56 Å². The normalized spacial score (nSPS) is 12.0. The van der Waals surface area contributed by atoms with Gasteiger partial charge in [-0.2, -0.15) is 0 Å². The second-order valence-corrected chi connectivity index (χ2v) is 3.35. The fourth-order valence-corrected chi connectivity index (χ4v) is 1.42. The van der Waals surface area contributed by atoms with Crippen molar-refractivity contribution in [1.82, 2.24) is 0 Å². The maximum Gasteiger partial charge on any atom is 0.341 e. The number of benzene rings is 1. The first kappa shape index (κ1) is 13.3. The summed E-state index contributed by atoms with van der Waals surface area (Å²) >= 11 is 0. The third-order valence-electron chi connectivity index (χ3n) is 2.34. The van der Waals surface area contributed by atoms with Gasteiger partial charge in [0.25, 0.3) is 0 Å². The van der Waals surface area contributed by atoms with E-state index in [1.165, 1.54) is 26.4 Å². The molecule has 1 unspecified atom stereocenters. The number of phenolic OH excluding ortho intramolecular Hbond substituents is 1. The molecule has 0 spiro atoms. The summed E-state index contributed by atoms with van der Waals surface area (Å²) in [5, 5.41) is 19.3. The average molecular weight is 241 g/mol. The second kappa shape index (κ2) is 5.51. The molecule has 4 N–H and O–H groups in total. The molecular weight excluding hydrogens is 226 g/mol. The highest BCUT2D eigenvalue weighted by molar-refractivity contribution is 5.93. The van der Waals surface area contributed by atoms with Crippen molar-refractivity contribution in [1.29, 1.82) is 0 Å². The van der Waals surface area contributed by atoms with Crippen molar-refractivity contribution in [3.05, 3.63) is 23.3 Å². The first-order valence-electron chi connectivity index (χ1n) is 4.92. The standard InChI is InChI=1S/C11H15NO5/c1-16-10-4-8(13)7(11(15)17-2)3-6(10)9(14)5-12/h3-4,9,13-14H,5,12H2,1-2H3. The lowest BCUT2D eigenvalue weighted by atomic mass is 10.0. The van der Waals surface area contributed by atoms with E-state index in [4.69, 9.17) is 10.5 Å². The molecule has 6 heteroatoms. The Morgan fingerprint density at radius 3 is 2.59 bits per heavy atom. The van der Waals surface area contributed by atoms with Crippen LogP contribution in [0.3, 0.4) is 0 Å². The summed E-state index contributed by atoms with van der Waals surface area (Å²) in [6.45, 7) is -0.0260. The maximum atomic E-state index is 11.4. The quantitative estimate of drug-likeness (QED) is 0.650. The van der Waals surface area contributed by atoms with Gasteiger partial charge in [-0.25, -0.2) is 4.79 Å². The number of hydrogen-bond acceptors (Lipinski definition) is 6. The summed E-state index contributed by atoms with van der Waals surface area (Å²) in [5.74, 6) is -0.717. The van der Waals surface area contributed by atoms with E-state index in [-0.39, 0.29) is 23.6 Å². The molecule has 94 valence electrons. The minimum Gasteiger partial charge on any atom is -0.507 e. The van der Waals surface area contributed by atoms with Gasteiger partial charge in [0, 0.05) is 18.2 Å². The van der Waals surface area contributed by atoms with E-state index in [2.05, 4.69) is 4.74 Å². The van der Waals surface area contributed by atoms with Gasteiger partial charge in [0.15, 0.2) is 0 Å². The number of hydrogen-bond donors (Lipinski definition) is 3. The van der Waals surface area contributed by atoms with Gasteiger partial charge in [-0.05, 0) is 6.07 Å². The summed E-state index contributed by atoms with van der Waals surface area (Å²) in [6.07, 6.45) is -0.978. The smallest absolute Gasteiger partial charge is 0.341 e. The molecule has 0 fully saturated rings. The number of rotatable bonds is 4. The molecule has 1 aromatic carbocycles.